The maximum atomic E-state index is 11.3. The number of hydrogen-bond acceptors (Lipinski definition) is 2. The molecule has 1 aliphatic rings. The minimum Gasteiger partial charge on any atom is -0.481 e. The molecule has 88 valence electrons. The van der Waals surface area contributed by atoms with Gasteiger partial charge in [-0.2, -0.15) is 0 Å². The van der Waals surface area contributed by atoms with Gasteiger partial charge in [0, 0.05) is 0 Å². The highest BCUT2D eigenvalue weighted by atomic mass is 16.4. The monoisotopic (exact) mass is 214 g/mol. The quantitative estimate of drug-likeness (QED) is 0.758. The predicted molar refractivity (Wildman–Crippen MR) is 58.6 cm³/mol. The second kappa shape index (κ2) is 4.12. The second-order valence-electron chi connectivity index (χ2n) is 5.22. The Hall–Kier alpha value is -0.570. The number of hydrogen-bond donors (Lipinski definition) is 2. The fourth-order valence-corrected chi connectivity index (χ4v) is 2.70. The summed E-state index contributed by atoms with van der Waals surface area (Å²) < 4.78 is 0. The van der Waals surface area contributed by atoms with E-state index in [0.717, 1.165) is 12.8 Å². The molecule has 0 aromatic carbocycles. The number of carbonyl (C=O) groups is 1. The summed E-state index contributed by atoms with van der Waals surface area (Å²) in [6, 6.07) is 0. The van der Waals surface area contributed by atoms with E-state index in [-0.39, 0.29) is 0 Å². The molecule has 0 heterocycles. The first-order valence-corrected chi connectivity index (χ1v) is 5.81. The largest absolute Gasteiger partial charge is 0.481 e. The van der Waals surface area contributed by atoms with Crippen LogP contribution in [-0.4, -0.2) is 21.8 Å². The Kier molecular flexibility index (Phi) is 3.44. The molecule has 3 unspecified atom stereocenters. The molecule has 0 saturated heterocycles. The maximum absolute atomic E-state index is 11.3. The van der Waals surface area contributed by atoms with Gasteiger partial charge in [0.25, 0.3) is 0 Å². The smallest absolute Gasteiger partial charge is 0.312 e. The first kappa shape index (κ1) is 12.5. The highest BCUT2D eigenvalue weighted by molar-refractivity contribution is 5.75. The van der Waals surface area contributed by atoms with E-state index >= 15 is 0 Å². The molecule has 0 aliphatic heterocycles. The number of carboxylic acid groups (broad SMARTS) is 1. The Bertz CT molecular complexity index is 251. The number of aliphatic hydroxyl groups is 1. The zero-order valence-electron chi connectivity index (χ0n) is 9.92. The lowest BCUT2D eigenvalue weighted by molar-refractivity contribution is -0.175. The van der Waals surface area contributed by atoms with Gasteiger partial charge in [-0.15, -0.1) is 0 Å². The Labute approximate surface area is 91.5 Å². The molecule has 1 aliphatic carbocycles. The lowest BCUT2D eigenvalue weighted by Gasteiger charge is -2.46. The Morgan fingerprint density at radius 2 is 2.20 bits per heavy atom. The lowest BCUT2D eigenvalue weighted by atomic mass is 9.62. The summed E-state index contributed by atoms with van der Waals surface area (Å²) in [7, 11) is 0. The van der Waals surface area contributed by atoms with Gasteiger partial charge in [0.1, 0.15) is 0 Å². The fourth-order valence-electron chi connectivity index (χ4n) is 2.70. The van der Waals surface area contributed by atoms with Crippen LogP contribution in [-0.2, 0) is 4.79 Å². The molecule has 0 amide bonds. The third kappa shape index (κ3) is 2.03. The molecule has 0 spiro atoms. The molecule has 0 aromatic heterocycles. The third-order valence-electron chi connectivity index (χ3n) is 4.18. The van der Waals surface area contributed by atoms with Crippen molar-refractivity contribution in [3.05, 3.63) is 0 Å². The summed E-state index contributed by atoms with van der Waals surface area (Å²) in [5, 5.41) is 19.8. The van der Waals surface area contributed by atoms with Crippen LogP contribution in [0.2, 0.25) is 0 Å². The number of aliphatic carboxylic acids is 1. The van der Waals surface area contributed by atoms with Crippen LogP contribution in [0.4, 0.5) is 0 Å². The molecule has 1 rings (SSSR count). The highest BCUT2D eigenvalue weighted by Crippen LogP contribution is 2.46. The normalized spacial score (nSPS) is 35.9. The zero-order valence-corrected chi connectivity index (χ0v) is 9.92. The minimum atomic E-state index is -1.02. The van der Waals surface area contributed by atoms with Crippen LogP contribution in [0.1, 0.15) is 52.9 Å². The van der Waals surface area contributed by atoms with Crippen LogP contribution in [0.3, 0.4) is 0 Å². The first-order valence-electron chi connectivity index (χ1n) is 5.81. The molecule has 3 atom stereocenters. The van der Waals surface area contributed by atoms with Gasteiger partial charge in [0.15, 0.2) is 0 Å². The summed E-state index contributed by atoms with van der Waals surface area (Å²) in [5.74, 6) is -0.449. The third-order valence-corrected chi connectivity index (χ3v) is 4.18. The zero-order chi connectivity index (χ0) is 11.7. The molecule has 3 heteroatoms. The van der Waals surface area contributed by atoms with Gasteiger partial charge in [0.2, 0.25) is 0 Å². The average Bonchev–Trinajstić information content (AvgIpc) is 2.15. The summed E-state index contributed by atoms with van der Waals surface area (Å²) in [4.78, 5) is 11.3. The average molecular weight is 214 g/mol. The van der Waals surface area contributed by atoms with Gasteiger partial charge < -0.3 is 10.2 Å². The second-order valence-corrected chi connectivity index (χ2v) is 5.22. The van der Waals surface area contributed by atoms with Crippen LogP contribution in [0.5, 0.6) is 0 Å². The molecule has 0 radical (unpaired) electrons. The van der Waals surface area contributed by atoms with Crippen molar-refractivity contribution in [3.63, 3.8) is 0 Å². The molecule has 1 fully saturated rings. The summed E-state index contributed by atoms with van der Waals surface area (Å²) in [6.07, 6.45) is 3.74. The SMILES string of the molecule is CCC(C)(C(=O)O)C1(O)CCCC(C)C1. The van der Waals surface area contributed by atoms with Crippen molar-refractivity contribution in [1.82, 2.24) is 0 Å². The van der Waals surface area contributed by atoms with Crippen LogP contribution in [0.15, 0.2) is 0 Å². The van der Waals surface area contributed by atoms with E-state index in [1.165, 1.54) is 0 Å². The van der Waals surface area contributed by atoms with Gasteiger partial charge in [0.05, 0.1) is 11.0 Å². The minimum absolute atomic E-state index is 0.425. The van der Waals surface area contributed by atoms with E-state index in [4.69, 9.17) is 0 Å². The van der Waals surface area contributed by atoms with Crippen molar-refractivity contribution in [2.75, 3.05) is 0 Å². The lowest BCUT2D eigenvalue weighted by Crippen LogP contribution is -2.53. The van der Waals surface area contributed by atoms with E-state index in [9.17, 15) is 15.0 Å². The van der Waals surface area contributed by atoms with Gasteiger partial charge in [-0.3, -0.25) is 4.79 Å². The van der Waals surface area contributed by atoms with Gasteiger partial charge >= 0.3 is 5.97 Å². The van der Waals surface area contributed by atoms with Gasteiger partial charge in [-0.25, -0.2) is 0 Å². The van der Waals surface area contributed by atoms with Crippen LogP contribution >= 0.6 is 0 Å². The van der Waals surface area contributed by atoms with E-state index in [2.05, 4.69) is 6.92 Å². The Morgan fingerprint density at radius 3 is 2.60 bits per heavy atom. The number of carboxylic acids is 1. The molecule has 1 saturated carbocycles. The summed E-state index contributed by atoms with van der Waals surface area (Å²) in [6.45, 7) is 5.60. The van der Waals surface area contributed by atoms with Crippen molar-refractivity contribution in [3.8, 4) is 0 Å². The molecule has 15 heavy (non-hydrogen) atoms. The topological polar surface area (TPSA) is 57.5 Å². The molecule has 0 aromatic rings. The summed E-state index contributed by atoms with van der Waals surface area (Å²) >= 11 is 0. The summed E-state index contributed by atoms with van der Waals surface area (Å²) in [5.41, 5.74) is -2.02. The molecule has 2 N–H and O–H groups in total. The molecular formula is C12H22O3. The van der Waals surface area contributed by atoms with Crippen molar-refractivity contribution >= 4 is 5.97 Å². The van der Waals surface area contributed by atoms with E-state index < -0.39 is 17.0 Å². The predicted octanol–water partition coefficient (Wildman–Crippen LogP) is 2.43. The van der Waals surface area contributed by atoms with Crippen molar-refractivity contribution in [2.45, 2.75) is 58.5 Å². The van der Waals surface area contributed by atoms with E-state index in [1.807, 2.05) is 6.92 Å². The van der Waals surface area contributed by atoms with Crippen LogP contribution < -0.4 is 0 Å². The van der Waals surface area contributed by atoms with E-state index in [1.54, 1.807) is 6.92 Å². The van der Waals surface area contributed by atoms with Crippen molar-refractivity contribution < 1.29 is 15.0 Å². The maximum Gasteiger partial charge on any atom is 0.312 e. The van der Waals surface area contributed by atoms with Crippen molar-refractivity contribution in [2.24, 2.45) is 11.3 Å². The molecule has 0 bridgehead atoms. The standard InChI is InChI=1S/C12H22O3/c1-4-11(3,10(13)14)12(15)7-5-6-9(2)8-12/h9,15H,4-8H2,1-3H3,(H,13,14). The van der Waals surface area contributed by atoms with Gasteiger partial charge in [-0.05, 0) is 32.1 Å². The molecular weight excluding hydrogens is 192 g/mol. The molecule has 3 nitrogen and oxygen atoms in total. The fraction of sp³-hybridized carbons (Fsp3) is 0.917. The van der Waals surface area contributed by atoms with E-state index in [0.29, 0.717) is 25.2 Å². The van der Waals surface area contributed by atoms with Gasteiger partial charge in [-0.1, -0.05) is 26.7 Å². The van der Waals surface area contributed by atoms with Crippen molar-refractivity contribution in [1.29, 1.82) is 0 Å². The highest BCUT2D eigenvalue weighted by Gasteiger charge is 2.52. The first-order chi connectivity index (χ1) is 6.85. The Morgan fingerprint density at radius 1 is 1.60 bits per heavy atom. The number of rotatable bonds is 3. The van der Waals surface area contributed by atoms with Crippen LogP contribution in [0.25, 0.3) is 0 Å². The Balaban J connectivity index is 2.95. The van der Waals surface area contributed by atoms with Crippen LogP contribution in [0, 0.1) is 11.3 Å².